The fraction of sp³-hybridized carbons (Fsp3) is 0.462. The molecule has 1 aliphatic heterocycles. The molecule has 1 aromatic rings. The van der Waals surface area contributed by atoms with Gasteiger partial charge >= 0.3 is 0 Å². The van der Waals surface area contributed by atoms with Crippen LogP contribution >= 0.6 is 11.8 Å². The van der Waals surface area contributed by atoms with E-state index in [0.717, 1.165) is 11.0 Å². The van der Waals surface area contributed by atoms with Gasteiger partial charge in [-0.25, -0.2) is 12.8 Å². The molecule has 1 fully saturated rings. The Morgan fingerprint density at radius 3 is 2.86 bits per heavy atom. The summed E-state index contributed by atoms with van der Waals surface area (Å²) < 4.78 is 38.0. The van der Waals surface area contributed by atoms with Crippen molar-refractivity contribution in [2.75, 3.05) is 23.8 Å². The maximum absolute atomic E-state index is 13.8. The van der Waals surface area contributed by atoms with Crippen molar-refractivity contribution in [3.8, 4) is 5.75 Å². The maximum atomic E-state index is 13.8. The van der Waals surface area contributed by atoms with Gasteiger partial charge in [-0.3, -0.25) is 4.79 Å². The molecule has 0 aromatic heterocycles. The summed E-state index contributed by atoms with van der Waals surface area (Å²) in [5.74, 6) is -1.37. The molecule has 116 valence electrons. The highest BCUT2D eigenvalue weighted by Gasteiger charge is 2.37. The number of carbonyl (C=O) groups excluding carboxylic acids is 1. The predicted octanol–water partition coefficient (Wildman–Crippen LogP) is 1.48. The largest absolute Gasteiger partial charge is 0.507 e. The van der Waals surface area contributed by atoms with Crippen molar-refractivity contribution in [1.82, 2.24) is 4.90 Å². The summed E-state index contributed by atoms with van der Waals surface area (Å²) in [6, 6.07) is 3.56. The molecule has 0 radical (unpaired) electrons. The van der Waals surface area contributed by atoms with Crippen LogP contribution in [0.15, 0.2) is 18.2 Å². The third-order valence-corrected chi connectivity index (χ3v) is 6.66. The average molecular weight is 333 g/mol. The van der Waals surface area contributed by atoms with E-state index in [0.29, 0.717) is 5.75 Å². The van der Waals surface area contributed by atoms with Crippen LogP contribution in [0.3, 0.4) is 0 Å². The number of hydrogen-bond donors (Lipinski definition) is 1. The lowest BCUT2D eigenvalue weighted by Gasteiger charge is -2.34. The summed E-state index contributed by atoms with van der Waals surface area (Å²) in [5, 5.41) is 8.72. The van der Waals surface area contributed by atoms with E-state index >= 15 is 0 Å². The van der Waals surface area contributed by atoms with E-state index in [9.17, 15) is 22.7 Å². The number of hydrogen-bond acceptors (Lipinski definition) is 5. The summed E-state index contributed by atoms with van der Waals surface area (Å²) >= 11 is 1.44. The number of amides is 1. The van der Waals surface area contributed by atoms with Crippen molar-refractivity contribution in [2.45, 2.75) is 12.3 Å². The van der Waals surface area contributed by atoms with Crippen LogP contribution in [-0.2, 0) is 9.84 Å². The Hall–Kier alpha value is -1.28. The summed E-state index contributed by atoms with van der Waals surface area (Å²) in [5.41, 5.74) is -0.472. The molecule has 1 heterocycles. The molecule has 1 N–H and O–H groups in total. The highest BCUT2D eigenvalue weighted by Crippen LogP contribution is 2.27. The van der Waals surface area contributed by atoms with Crippen LogP contribution in [0.2, 0.25) is 0 Å². The van der Waals surface area contributed by atoms with E-state index < -0.39 is 38.2 Å². The molecule has 1 unspecified atom stereocenters. The summed E-state index contributed by atoms with van der Waals surface area (Å²) in [4.78, 5) is 13.6. The molecule has 1 aliphatic rings. The topological polar surface area (TPSA) is 74.7 Å². The standard InChI is InChI=1S/C13H16FNO4S2/c1-2-21(18,19)11-8-20-7-6-15(11)13(17)12-9(14)4-3-5-10(12)16/h3-5,11,16H,2,6-8H2,1H3. The normalized spacial score (nSPS) is 19.5. The molecule has 1 atom stereocenters. The molecule has 1 aromatic carbocycles. The number of phenolic OH excluding ortho intramolecular Hbond substituents is 1. The second-order valence-electron chi connectivity index (χ2n) is 4.61. The van der Waals surface area contributed by atoms with Crippen LogP contribution < -0.4 is 0 Å². The Balaban J connectivity index is 2.40. The molecule has 8 heteroatoms. The Morgan fingerprint density at radius 1 is 1.52 bits per heavy atom. The second kappa shape index (κ2) is 6.23. The summed E-state index contributed by atoms with van der Waals surface area (Å²) in [6.45, 7) is 1.72. The van der Waals surface area contributed by atoms with Gasteiger partial charge in [-0.1, -0.05) is 13.0 Å². The SMILES string of the molecule is CCS(=O)(=O)C1CSCCN1C(=O)c1c(O)cccc1F. The molecular formula is C13H16FNO4S2. The Morgan fingerprint density at radius 2 is 2.24 bits per heavy atom. The molecule has 5 nitrogen and oxygen atoms in total. The average Bonchev–Trinajstić information content (AvgIpc) is 2.47. The van der Waals surface area contributed by atoms with Gasteiger partial charge in [0.15, 0.2) is 9.84 Å². The van der Waals surface area contributed by atoms with Gasteiger partial charge in [0.25, 0.3) is 5.91 Å². The van der Waals surface area contributed by atoms with Crippen LogP contribution in [0.5, 0.6) is 5.75 Å². The fourth-order valence-corrected chi connectivity index (χ4v) is 5.14. The highest BCUT2D eigenvalue weighted by atomic mass is 32.2. The quantitative estimate of drug-likeness (QED) is 0.907. The number of sulfone groups is 1. The summed E-state index contributed by atoms with van der Waals surface area (Å²) in [6.07, 6.45) is 0. The van der Waals surface area contributed by atoms with Crippen LogP contribution in [0, 0.1) is 5.82 Å². The molecule has 1 saturated heterocycles. The number of carbonyl (C=O) groups is 1. The van der Waals surface area contributed by atoms with Crippen LogP contribution in [-0.4, -0.2) is 53.5 Å². The molecule has 0 spiro atoms. The molecular weight excluding hydrogens is 317 g/mol. The van der Waals surface area contributed by atoms with E-state index in [1.54, 1.807) is 0 Å². The first-order valence-corrected chi connectivity index (χ1v) is 9.33. The fourth-order valence-electron chi connectivity index (χ4n) is 2.17. The first-order chi connectivity index (χ1) is 9.88. The molecule has 21 heavy (non-hydrogen) atoms. The third-order valence-electron chi connectivity index (χ3n) is 3.37. The van der Waals surface area contributed by atoms with Gasteiger partial charge in [-0.15, -0.1) is 0 Å². The van der Waals surface area contributed by atoms with E-state index in [1.165, 1.54) is 30.8 Å². The minimum atomic E-state index is -3.47. The molecule has 0 bridgehead atoms. The van der Waals surface area contributed by atoms with Gasteiger partial charge in [0.1, 0.15) is 22.5 Å². The lowest BCUT2D eigenvalue weighted by Crippen LogP contribution is -2.50. The first-order valence-electron chi connectivity index (χ1n) is 6.46. The van der Waals surface area contributed by atoms with Gasteiger partial charge < -0.3 is 10.0 Å². The minimum Gasteiger partial charge on any atom is -0.507 e. The maximum Gasteiger partial charge on any atom is 0.261 e. The zero-order valence-electron chi connectivity index (χ0n) is 11.5. The molecule has 0 aliphatic carbocycles. The van der Waals surface area contributed by atoms with Gasteiger partial charge in [-0.2, -0.15) is 11.8 Å². The zero-order valence-corrected chi connectivity index (χ0v) is 13.1. The van der Waals surface area contributed by atoms with Gasteiger partial charge in [-0.05, 0) is 12.1 Å². The predicted molar refractivity (Wildman–Crippen MR) is 79.7 cm³/mol. The number of nitrogens with zero attached hydrogens (tertiary/aromatic N) is 1. The van der Waals surface area contributed by atoms with Crippen molar-refractivity contribution in [3.63, 3.8) is 0 Å². The number of halogens is 1. The Labute approximate surface area is 127 Å². The van der Waals surface area contributed by atoms with Crippen molar-refractivity contribution in [3.05, 3.63) is 29.6 Å². The second-order valence-corrected chi connectivity index (χ2v) is 8.21. The number of aromatic hydroxyl groups is 1. The zero-order chi connectivity index (χ0) is 15.6. The van der Waals surface area contributed by atoms with Gasteiger partial charge in [0.05, 0.1) is 0 Å². The number of phenols is 1. The third kappa shape index (κ3) is 3.16. The molecule has 0 saturated carbocycles. The summed E-state index contributed by atoms with van der Waals surface area (Å²) in [7, 11) is -3.47. The van der Waals surface area contributed by atoms with Crippen molar-refractivity contribution in [2.24, 2.45) is 0 Å². The number of thioether (sulfide) groups is 1. The van der Waals surface area contributed by atoms with E-state index in [1.807, 2.05) is 0 Å². The molecule has 2 rings (SSSR count). The Kier molecular flexibility index (Phi) is 4.77. The van der Waals surface area contributed by atoms with E-state index in [-0.39, 0.29) is 18.1 Å². The number of rotatable bonds is 3. The van der Waals surface area contributed by atoms with Gasteiger partial charge in [0, 0.05) is 23.8 Å². The Bertz CT molecular complexity index is 627. The van der Waals surface area contributed by atoms with Gasteiger partial charge in [0.2, 0.25) is 0 Å². The minimum absolute atomic E-state index is 0.0920. The van der Waals surface area contributed by atoms with Crippen molar-refractivity contribution < 1.29 is 22.7 Å². The number of benzene rings is 1. The van der Waals surface area contributed by atoms with Crippen molar-refractivity contribution in [1.29, 1.82) is 0 Å². The lowest BCUT2D eigenvalue weighted by atomic mass is 10.1. The highest BCUT2D eigenvalue weighted by molar-refractivity contribution is 8.01. The van der Waals surface area contributed by atoms with E-state index in [2.05, 4.69) is 0 Å². The van der Waals surface area contributed by atoms with Crippen molar-refractivity contribution >= 4 is 27.5 Å². The lowest BCUT2D eigenvalue weighted by molar-refractivity contribution is 0.0741. The van der Waals surface area contributed by atoms with Crippen LogP contribution in [0.25, 0.3) is 0 Å². The van der Waals surface area contributed by atoms with E-state index in [4.69, 9.17) is 0 Å². The van der Waals surface area contributed by atoms with Crippen LogP contribution in [0.1, 0.15) is 17.3 Å². The smallest absolute Gasteiger partial charge is 0.261 e. The first kappa shape index (κ1) is 16.1. The molecule has 1 amide bonds. The van der Waals surface area contributed by atoms with Crippen LogP contribution in [0.4, 0.5) is 4.39 Å². The monoisotopic (exact) mass is 333 g/mol.